The van der Waals surface area contributed by atoms with Crippen LogP contribution in [0.1, 0.15) is 25.7 Å². The second-order valence-electron chi connectivity index (χ2n) is 5.13. The van der Waals surface area contributed by atoms with E-state index >= 15 is 0 Å². The zero-order valence-electron chi connectivity index (χ0n) is 10.7. The Morgan fingerprint density at radius 3 is 2.89 bits per heavy atom. The van der Waals surface area contributed by atoms with Gasteiger partial charge >= 0.3 is 0 Å². The van der Waals surface area contributed by atoms with Gasteiger partial charge < -0.3 is 9.64 Å². The number of carbonyl (C=O) groups excluding carboxylic acids is 1. The number of nitro groups is 1. The number of nitrogens with zero attached hydrogens (tertiary/aromatic N) is 2. The van der Waals surface area contributed by atoms with Gasteiger partial charge in [-0.25, -0.2) is 0 Å². The molecule has 2 aliphatic rings. The maximum atomic E-state index is 11.7. The third kappa shape index (κ3) is 1.90. The van der Waals surface area contributed by atoms with Crippen molar-refractivity contribution in [1.82, 2.24) is 4.90 Å². The van der Waals surface area contributed by atoms with Crippen LogP contribution in [0, 0.1) is 10.1 Å². The maximum absolute atomic E-state index is 11.7. The number of fused-ring (bicyclic) bond motifs is 1. The van der Waals surface area contributed by atoms with E-state index in [2.05, 4.69) is 0 Å². The van der Waals surface area contributed by atoms with E-state index in [4.69, 9.17) is 4.74 Å². The minimum atomic E-state index is -1.16. The summed E-state index contributed by atoms with van der Waals surface area (Å²) in [6, 6.07) is 0. The monoisotopic (exact) mass is 254 g/mol. The van der Waals surface area contributed by atoms with E-state index in [1.165, 1.54) is 11.0 Å². The number of hydrogen-bond donors (Lipinski definition) is 0. The van der Waals surface area contributed by atoms with Gasteiger partial charge in [0.2, 0.25) is 5.91 Å². The molecule has 0 radical (unpaired) electrons. The molecule has 1 aliphatic carbocycles. The molecule has 0 bridgehead atoms. The quantitative estimate of drug-likeness (QED) is 0.418. The second-order valence-corrected chi connectivity index (χ2v) is 5.13. The first kappa shape index (κ1) is 13.0. The van der Waals surface area contributed by atoms with Crippen LogP contribution in [0.25, 0.3) is 0 Å². The molecule has 18 heavy (non-hydrogen) atoms. The third-order valence-electron chi connectivity index (χ3n) is 3.87. The fourth-order valence-corrected chi connectivity index (χ4v) is 2.80. The number of rotatable bonds is 2. The number of likely N-dealkylation sites (N-methyl/N-ethyl adjacent to an activating group) is 1. The first-order valence-corrected chi connectivity index (χ1v) is 6.17. The Kier molecular flexibility index (Phi) is 3.38. The molecule has 2 atom stereocenters. The fourth-order valence-electron chi connectivity index (χ4n) is 2.80. The predicted octanol–water partition coefficient (Wildman–Crippen LogP) is 0.989. The predicted molar refractivity (Wildman–Crippen MR) is 64.7 cm³/mol. The Hall–Kier alpha value is -1.43. The van der Waals surface area contributed by atoms with Crippen LogP contribution in [0.2, 0.25) is 0 Å². The summed E-state index contributed by atoms with van der Waals surface area (Å²) >= 11 is 0. The van der Waals surface area contributed by atoms with E-state index in [0.29, 0.717) is 18.4 Å². The van der Waals surface area contributed by atoms with Crippen molar-refractivity contribution in [3.63, 3.8) is 0 Å². The van der Waals surface area contributed by atoms with Gasteiger partial charge in [-0.2, -0.15) is 0 Å². The van der Waals surface area contributed by atoms with Crippen LogP contribution in [0.3, 0.4) is 0 Å². The summed E-state index contributed by atoms with van der Waals surface area (Å²) in [6.45, 7) is 0.200. The summed E-state index contributed by atoms with van der Waals surface area (Å²) in [5, 5.41) is 11.5. The van der Waals surface area contributed by atoms with Crippen LogP contribution in [0.5, 0.6) is 0 Å². The summed E-state index contributed by atoms with van der Waals surface area (Å²) in [4.78, 5) is 24.4. The standard InChI is InChI=1S/C12H18N2O4/c1-13(2)11(15)7-9-8-18-10-5-3-4-6-12(9,10)14(16)17/h7,10H,3-6,8H2,1-2H3/b9-7-/t10-,12+/m0/s1. The minimum absolute atomic E-state index is 0.200. The van der Waals surface area contributed by atoms with E-state index in [1.807, 2.05) is 0 Å². The maximum Gasteiger partial charge on any atom is 0.271 e. The van der Waals surface area contributed by atoms with Gasteiger partial charge in [-0.1, -0.05) is 6.42 Å². The lowest BCUT2D eigenvalue weighted by atomic mass is 9.76. The molecule has 0 aromatic carbocycles. The van der Waals surface area contributed by atoms with Crippen molar-refractivity contribution < 1.29 is 14.5 Å². The molecule has 0 N–H and O–H groups in total. The zero-order chi connectivity index (χ0) is 13.3. The molecular weight excluding hydrogens is 236 g/mol. The molecule has 1 amide bonds. The van der Waals surface area contributed by atoms with Crippen LogP contribution in [0.15, 0.2) is 11.6 Å². The zero-order valence-corrected chi connectivity index (χ0v) is 10.7. The van der Waals surface area contributed by atoms with Crippen molar-refractivity contribution in [1.29, 1.82) is 0 Å². The van der Waals surface area contributed by atoms with Gasteiger partial charge in [0.1, 0.15) is 6.10 Å². The van der Waals surface area contributed by atoms with Crippen LogP contribution < -0.4 is 0 Å². The molecule has 0 unspecified atom stereocenters. The first-order chi connectivity index (χ1) is 8.48. The van der Waals surface area contributed by atoms with Crippen molar-refractivity contribution >= 4 is 5.91 Å². The molecule has 6 heteroatoms. The highest BCUT2D eigenvalue weighted by Crippen LogP contribution is 2.43. The van der Waals surface area contributed by atoms with E-state index in [1.54, 1.807) is 14.1 Å². The largest absolute Gasteiger partial charge is 0.366 e. The van der Waals surface area contributed by atoms with Crippen LogP contribution in [-0.4, -0.2) is 48.1 Å². The lowest BCUT2D eigenvalue weighted by molar-refractivity contribution is -0.568. The Morgan fingerprint density at radius 1 is 1.56 bits per heavy atom. The lowest BCUT2D eigenvalue weighted by Crippen LogP contribution is -2.49. The molecule has 1 saturated heterocycles. The van der Waals surface area contributed by atoms with Gasteiger partial charge in [-0.3, -0.25) is 14.9 Å². The normalized spacial score (nSPS) is 33.2. The topological polar surface area (TPSA) is 72.7 Å². The lowest BCUT2D eigenvalue weighted by Gasteiger charge is -2.30. The number of hydrogen-bond acceptors (Lipinski definition) is 4. The van der Waals surface area contributed by atoms with Crippen molar-refractivity contribution in [3.05, 3.63) is 21.8 Å². The Balaban J connectivity index is 2.36. The van der Waals surface area contributed by atoms with Crippen molar-refractivity contribution in [2.45, 2.75) is 37.3 Å². The molecular formula is C12H18N2O4. The molecule has 2 rings (SSSR count). The van der Waals surface area contributed by atoms with Crippen LogP contribution in [-0.2, 0) is 9.53 Å². The molecule has 2 fully saturated rings. The number of ether oxygens (including phenoxy) is 1. The molecule has 1 aliphatic heterocycles. The SMILES string of the molecule is CN(C)C(=O)/C=C1/CO[C@H]2CCCC[C@@]12[N+](=O)[O-]. The molecule has 0 spiro atoms. The highest BCUT2D eigenvalue weighted by atomic mass is 16.6. The van der Waals surface area contributed by atoms with Crippen molar-refractivity contribution in [3.8, 4) is 0 Å². The Labute approximate surface area is 106 Å². The summed E-state index contributed by atoms with van der Waals surface area (Å²) < 4.78 is 5.53. The fraction of sp³-hybridized carbons (Fsp3) is 0.750. The minimum Gasteiger partial charge on any atom is -0.366 e. The first-order valence-electron chi connectivity index (χ1n) is 6.17. The summed E-state index contributed by atoms with van der Waals surface area (Å²) in [5.41, 5.74) is -0.639. The molecule has 6 nitrogen and oxygen atoms in total. The highest BCUT2D eigenvalue weighted by molar-refractivity contribution is 5.88. The van der Waals surface area contributed by atoms with Gasteiger partial charge in [0.25, 0.3) is 5.54 Å². The van der Waals surface area contributed by atoms with E-state index in [-0.39, 0.29) is 23.5 Å². The summed E-state index contributed by atoms with van der Waals surface area (Å²) in [6.07, 6.45) is 3.95. The van der Waals surface area contributed by atoms with Gasteiger partial charge in [-0.15, -0.1) is 0 Å². The van der Waals surface area contributed by atoms with Crippen LogP contribution >= 0.6 is 0 Å². The Morgan fingerprint density at radius 2 is 2.28 bits per heavy atom. The van der Waals surface area contributed by atoms with E-state index < -0.39 is 5.54 Å². The number of carbonyl (C=O) groups is 1. The highest BCUT2D eigenvalue weighted by Gasteiger charge is 2.59. The van der Waals surface area contributed by atoms with E-state index in [9.17, 15) is 14.9 Å². The average Bonchev–Trinajstić information content (AvgIpc) is 2.69. The average molecular weight is 254 g/mol. The van der Waals surface area contributed by atoms with Gasteiger partial charge in [-0.05, 0) is 12.8 Å². The van der Waals surface area contributed by atoms with Crippen molar-refractivity contribution in [2.24, 2.45) is 0 Å². The van der Waals surface area contributed by atoms with E-state index in [0.717, 1.165) is 12.8 Å². The van der Waals surface area contributed by atoms with Gasteiger partial charge in [0, 0.05) is 37.1 Å². The Bertz CT molecular complexity index is 405. The molecule has 0 aromatic heterocycles. The van der Waals surface area contributed by atoms with Crippen molar-refractivity contribution in [2.75, 3.05) is 20.7 Å². The molecule has 1 saturated carbocycles. The molecule has 1 heterocycles. The van der Waals surface area contributed by atoms with Gasteiger partial charge in [0.15, 0.2) is 0 Å². The molecule has 0 aromatic rings. The summed E-state index contributed by atoms with van der Waals surface area (Å²) in [7, 11) is 3.26. The second kappa shape index (κ2) is 4.68. The molecule has 100 valence electrons. The van der Waals surface area contributed by atoms with Gasteiger partial charge in [0.05, 0.1) is 6.61 Å². The third-order valence-corrected chi connectivity index (χ3v) is 3.87. The smallest absolute Gasteiger partial charge is 0.271 e. The summed E-state index contributed by atoms with van der Waals surface area (Å²) in [5.74, 6) is -0.221. The van der Waals surface area contributed by atoms with Crippen LogP contribution in [0.4, 0.5) is 0 Å². The number of amides is 1.